The molecule has 0 bridgehead atoms. The highest BCUT2D eigenvalue weighted by atomic mass is 16.2. The molecule has 0 radical (unpaired) electrons. The maximum atomic E-state index is 11.4. The van der Waals surface area contributed by atoms with Gasteiger partial charge in [0.1, 0.15) is 0 Å². The van der Waals surface area contributed by atoms with Gasteiger partial charge < -0.3 is 10.6 Å². The van der Waals surface area contributed by atoms with E-state index in [0.717, 1.165) is 19.4 Å². The molecule has 0 aliphatic carbocycles. The highest BCUT2D eigenvalue weighted by Crippen LogP contribution is 1.90. The Hall–Kier alpha value is -0.570. The van der Waals surface area contributed by atoms with Crippen molar-refractivity contribution in [1.82, 2.24) is 10.6 Å². The van der Waals surface area contributed by atoms with Gasteiger partial charge in [0.25, 0.3) is 0 Å². The second kappa shape index (κ2) is 6.89. The fourth-order valence-corrected chi connectivity index (χ4v) is 0.923. The summed E-state index contributed by atoms with van der Waals surface area (Å²) in [7, 11) is 0. The van der Waals surface area contributed by atoms with Gasteiger partial charge in [-0.1, -0.05) is 13.8 Å². The van der Waals surface area contributed by atoms with Gasteiger partial charge in [-0.05, 0) is 33.2 Å². The Morgan fingerprint density at radius 3 is 2.38 bits per heavy atom. The van der Waals surface area contributed by atoms with Crippen molar-refractivity contribution < 1.29 is 4.79 Å². The standard InChI is InChI=1S/C10H22N2O/c1-5-7-11-9(4)10(13)12-8(3)6-2/h8-9,11H,5-7H2,1-4H3,(H,12,13). The first-order chi connectivity index (χ1) is 6.11. The Morgan fingerprint density at radius 2 is 1.92 bits per heavy atom. The van der Waals surface area contributed by atoms with Crippen LogP contribution in [0.25, 0.3) is 0 Å². The second-order valence-corrected chi connectivity index (χ2v) is 3.49. The summed E-state index contributed by atoms with van der Waals surface area (Å²) < 4.78 is 0. The summed E-state index contributed by atoms with van der Waals surface area (Å²) in [5.41, 5.74) is 0. The van der Waals surface area contributed by atoms with Gasteiger partial charge in [-0.2, -0.15) is 0 Å². The highest BCUT2D eigenvalue weighted by molar-refractivity contribution is 5.81. The fraction of sp³-hybridized carbons (Fsp3) is 0.900. The summed E-state index contributed by atoms with van der Waals surface area (Å²) in [6.45, 7) is 8.97. The van der Waals surface area contributed by atoms with Crippen LogP contribution < -0.4 is 10.6 Å². The molecule has 78 valence electrons. The lowest BCUT2D eigenvalue weighted by atomic mass is 10.2. The molecule has 2 N–H and O–H groups in total. The van der Waals surface area contributed by atoms with E-state index in [0.29, 0.717) is 0 Å². The fourth-order valence-electron chi connectivity index (χ4n) is 0.923. The molecule has 0 saturated heterocycles. The number of hydrogen-bond acceptors (Lipinski definition) is 2. The topological polar surface area (TPSA) is 41.1 Å². The predicted octanol–water partition coefficient (Wildman–Crippen LogP) is 1.29. The van der Waals surface area contributed by atoms with Crippen molar-refractivity contribution in [3.05, 3.63) is 0 Å². The lowest BCUT2D eigenvalue weighted by Gasteiger charge is -2.16. The number of rotatable bonds is 6. The highest BCUT2D eigenvalue weighted by Gasteiger charge is 2.12. The summed E-state index contributed by atoms with van der Waals surface area (Å²) >= 11 is 0. The molecule has 0 aromatic rings. The smallest absolute Gasteiger partial charge is 0.237 e. The lowest BCUT2D eigenvalue weighted by molar-refractivity contribution is -0.123. The van der Waals surface area contributed by atoms with Crippen LogP contribution in [0.3, 0.4) is 0 Å². The molecule has 0 heterocycles. The summed E-state index contributed by atoms with van der Waals surface area (Å²) in [4.78, 5) is 11.4. The molecule has 3 nitrogen and oxygen atoms in total. The van der Waals surface area contributed by atoms with Crippen molar-refractivity contribution in [3.63, 3.8) is 0 Å². The molecule has 0 aromatic heterocycles. The number of amides is 1. The molecule has 0 spiro atoms. The number of hydrogen-bond donors (Lipinski definition) is 2. The lowest BCUT2D eigenvalue weighted by Crippen LogP contribution is -2.45. The van der Waals surface area contributed by atoms with Gasteiger partial charge in [0.05, 0.1) is 6.04 Å². The first-order valence-corrected chi connectivity index (χ1v) is 5.15. The third kappa shape index (κ3) is 5.64. The number of carbonyl (C=O) groups excluding carboxylic acids is 1. The normalized spacial score (nSPS) is 15.1. The van der Waals surface area contributed by atoms with Crippen LogP contribution in [0.15, 0.2) is 0 Å². The SMILES string of the molecule is CCCNC(C)C(=O)NC(C)CC. The predicted molar refractivity (Wildman–Crippen MR) is 55.7 cm³/mol. The zero-order chi connectivity index (χ0) is 10.3. The second-order valence-electron chi connectivity index (χ2n) is 3.49. The third-order valence-corrected chi connectivity index (χ3v) is 2.09. The molecule has 0 saturated carbocycles. The summed E-state index contributed by atoms with van der Waals surface area (Å²) in [5, 5.41) is 6.09. The van der Waals surface area contributed by atoms with Crippen molar-refractivity contribution in [2.24, 2.45) is 0 Å². The zero-order valence-electron chi connectivity index (χ0n) is 9.18. The van der Waals surface area contributed by atoms with Crippen LogP contribution in [0.2, 0.25) is 0 Å². The van der Waals surface area contributed by atoms with Gasteiger partial charge in [-0.15, -0.1) is 0 Å². The van der Waals surface area contributed by atoms with Gasteiger partial charge in [0, 0.05) is 6.04 Å². The minimum absolute atomic E-state index is 0.0750. The zero-order valence-corrected chi connectivity index (χ0v) is 9.18. The van der Waals surface area contributed by atoms with E-state index in [4.69, 9.17) is 0 Å². The largest absolute Gasteiger partial charge is 0.352 e. The van der Waals surface area contributed by atoms with Gasteiger partial charge in [-0.25, -0.2) is 0 Å². The first kappa shape index (κ1) is 12.4. The molecule has 13 heavy (non-hydrogen) atoms. The van der Waals surface area contributed by atoms with Crippen molar-refractivity contribution in [2.75, 3.05) is 6.54 Å². The molecule has 2 unspecified atom stereocenters. The molecule has 0 rings (SSSR count). The minimum atomic E-state index is -0.0750. The van der Waals surface area contributed by atoms with E-state index in [2.05, 4.69) is 24.5 Å². The van der Waals surface area contributed by atoms with Crippen molar-refractivity contribution in [1.29, 1.82) is 0 Å². The molecule has 1 amide bonds. The van der Waals surface area contributed by atoms with Crippen LogP contribution in [0.1, 0.15) is 40.5 Å². The minimum Gasteiger partial charge on any atom is -0.352 e. The Balaban J connectivity index is 3.68. The molecular formula is C10H22N2O. The molecule has 3 heteroatoms. The third-order valence-electron chi connectivity index (χ3n) is 2.09. The Bertz CT molecular complexity index is 148. The summed E-state index contributed by atoms with van der Waals surface area (Å²) in [6, 6.07) is 0.201. The van der Waals surface area contributed by atoms with E-state index in [1.807, 2.05) is 13.8 Å². The Kier molecular flexibility index (Phi) is 6.59. The molecule has 0 aliphatic rings. The number of nitrogens with one attached hydrogen (secondary N) is 2. The average Bonchev–Trinajstić information content (AvgIpc) is 2.13. The van der Waals surface area contributed by atoms with Crippen LogP contribution in [-0.2, 0) is 4.79 Å². The van der Waals surface area contributed by atoms with E-state index in [-0.39, 0.29) is 18.0 Å². The van der Waals surface area contributed by atoms with Crippen LogP contribution in [-0.4, -0.2) is 24.5 Å². The summed E-state index contributed by atoms with van der Waals surface area (Å²) in [5.74, 6) is 0.0998. The van der Waals surface area contributed by atoms with Gasteiger partial charge in [0.15, 0.2) is 0 Å². The van der Waals surface area contributed by atoms with Crippen molar-refractivity contribution in [2.45, 2.75) is 52.6 Å². The Morgan fingerprint density at radius 1 is 1.31 bits per heavy atom. The molecule has 2 atom stereocenters. The van der Waals surface area contributed by atoms with E-state index in [1.165, 1.54) is 0 Å². The maximum Gasteiger partial charge on any atom is 0.237 e. The van der Waals surface area contributed by atoms with Gasteiger partial charge >= 0.3 is 0 Å². The van der Waals surface area contributed by atoms with Gasteiger partial charge in [0.2, 0.25) is 5.91 Å². The van der Waals surface area contributed by atoms with Crippen molar-refractivity contribution in [3.8, 4) is 0 Å². The summed E-state index contributed by atoms with van der Waals surface area (Å²) in [6.07, 6.45) is 2.03. The van der Waals surface area contributed by atoms with E-state index < -0.39 is 0 Å². The van der Waals surface area contributed by atoms with Crippen LogP contribution >= 0.6 is 0 Å². The first-order valence-electron chi connectivity index (χ1n) is 5.15. The molecular weight excluding hydrogens is 164 g/mol. The van der Waals surface area contributed by atoms with E-state index >= 15 is 0 Å². The number of carbonyl (C=O) groups is 1. The van der Waals surface area contributed by atoms with Crippen LogP contribution in [0, 0.1) is 0 Å². The van der Waals surface area contributed by atoms with Crippen LogP contribution in [0.5, 0.6) is 0 Å². The van der Waals surface area contributed by atoms with Crippen molar-refractivity contribution >= 4 is 5.91 Å². The Labute approximate surface area is 81.3 Å². The maximum absolute atomic E-state index is 11.4. The molecule has 0 aromatic carbocycles. The quantitative estimate of drug-likeness (QED) is 0.656. The van der Waals surface area contributed by atoms with Crippen LogP contribution in [0.4, 0.5) is 0 Å². The van der Waals surface area contributed by atoms with Gasteiger partial charge in [-0.3, -0.25) is 4.79 Å². The molecule has 0 aliphatic heterocycles. The average molecular weight is 186 g/mol. The van der Waals surface area contributed by atoms with E-state index in [9.17, 15) is 4.79 Å². The molecule has 0 fully saturated rings. The monoisotopic (exact) mass is 186 g/mol. The van der Waals surface area contributed by atoms with E-state index in [1.54, 1.807) is 0 Å².